The first kappa shape index (κ1) is 12.7. The highest BCUT2D eigenvalue weighted by molar-refractivity contribution is 9.10. The van der Waals surface area contributed by atoms with E-state index in [-0.39, 0.29) is 6.10 Å². The molecule has 1 aromatic carbocycles. The Hall–Kier alpha value is -1.33. The second kappa shape index (κ2) is 4.65. The van der Waals surface area contributed by atoms with Gasteiger partial charge in [0.15, 0.2) is 0 Å². The van der Waals surface area contributed by atoms with Gasteiger partial charge in [0.25, 0.3) is 0 Å². The molecule has 0 spiro atoms. The summed E-state index contributed by atoms with van der Waals surface area (Å²) >= 11 is 3.43. The number of halogens is 1. The molecule has 2 heterocycles. The summed E-state index contributed by atoms with van der Waals surface area (Å²) in [5.41, 5.74) is 2.95. The van der Waals surface area contributed by atoms with Crippen LogP contribution in [-0.2, 0) is 7.05 Å². The van der Waals surface area contributed by atoms with Crippen molar-refractivity contribution in [3.8, 4) is 5.75 Å². The number of benzene rings is 1. The molecule has 0 saturated carbocycles. The number of aliphatic hydroxyl groups excluding tert-OH is 1. The van der Waals surface area contributed by atoms with Crippen LogP contribution >= 0.6 is 15.9 Å². The van der Waals surface area contributed by atoms with Gasteiger partial charge < -0.3 is 9.84 Å². The lowest BCUT2D eigenvalue weighted by atomic mass is 9.95. The number of fused-ring (bicyclic) bond motifs is 1. The van der Waals surface area contributed by atoms with Crippen LogP contribution < -0.4 is 4.74 Å². The maximum absolute atomic E-state index is 10.3. The van der Waals surface area contributed by atoms with Gasteiger partial charge in [-0.2, -0.15) is 5.10 Å². The zero-order chi connectivity index (χ0) is 13.6. The molecule has 0 aliphatic carbocycles. The van der Waals surface area contributed by atoms with Gasteiger partial charge >= 0.3 is 0 Å². The van der Waals surface area contributed by atoms with Gasteiger partial charge in [-0.15, -0.1) is 0 Å². The normalized spacial score (nSPS) is 21.9. The highest BCUT2D eigenvalue weighted by Gasteiger charge is 2.30. The second-order valence-electron chi connectivity index (χ2n) is 4.85. The summed E-state index contributed by atoms with van der Waals surface area (Å²) in [4.78, 5) is 0. The Balaban J connectivity index is 1.98. The Morgan fingerprint density at radius 1 is 1.42 bits per heavy atom. The van der Waals surface area contributed by atoms with Crippen LogP contribution in [0.15, 0.2) is 28.9 Å². The van der Waals surface area contributed by atoms with Crippen LogP contribution in [-0.4, -0.2) is 14.9 Å². The predicted octanol–water partition coefficient (Wildman–Crippen LogP) is 3.05. The smallest absolute Gasteiger partial charge is 0.130 e. The monoisotopic (exact) mass is 322 g/mol. The molecule has 2 unspecified atom stereocenters. The molecule has 1 aliphatic rings. The van der Waals surface area contributed by atoms with Gasteiger partial charge in [0.2, 0.25) is 0 Å². The van der Waals surface area contributed by atoms with Crippen LogP contribution in [0, 0.1) is 6.92 Å². The zero-order valence-corrected chi connectivity index (χ0v) is 12.4. The summed E-state index contributed by atoms with van der Waals surface area (Å²) in [6, 6.07) is 5.72. The van der Waals surface area contributed by atoms with E-state index in [1.807, 2.05) is 43.0 Å². The van der Waals surface area contributed by atoms with E-state index in [2.05, 4.69) is 21.0 Å². The highest BCUT2D eigenvalue weighted by Crippen LogP contribution is 2.42. The van der Waals surface area contributed by atoms with Crippen LogP contribution in [0.25, 0.3) is 0 Å². The number of nitrogens with zero attached hydrogens (tertiary/aromatic N) is 2. The fourth-order valence-electron chi connectivity index (χ4n) is 2.44. The Kier molecular flexibility index (Phi) is 3.11. The molecule has 2 atom stereocenters. The minimum absolute atomic E-state index is 0.148. The van der Waals surface area contributed by atoms with Crippen molar-refractivity contribution in [3.05, 3.63) is 45.7 Å². The van der Waals surface area contributed by atoms with E-state index in [0.29, 0.717) is 6.42 Å². The van der Waals surface area contributed by atoms with Crippen LogP contribution in [0.1, 0.15) is 35.4 Å². The maximum atomic E-state index is 10.3. The summed E-state index contributed by atoms with van der Waals surface area (Å²) < 4.78 is 8.79. The molecular formula is C14H15BrN2O2. The van der Waals surface area contributed by atoms with Crippen molar-refractivity contribution in [1.82, 2.24) is 9.78 Å². The molecule has 0 radical (unpaired) electrons. The first-order valence-electron chi connectivity index (χ1n) is 6.19. The third-order valence-electron chi connectivity index (χ3n) is 3.66. The third kappa shape index (κ3) is 2.17. The Labute approximate surface area is 120 Å². The lowest BCUT2D eigenvalue weighted by Crippen LogP contribution is -2.19. The average molecular weight is 323 g/mol. The van der Waals surface area contributed by atoms with E-state index in [9.17, 15) is 5.11 Å². The van der Waals surface area contributed by atoms with Crippen molar-refractivity contribution >= 4 is 15.9 Å². The minimum Gasteiger partial charge on any atom is -0.485 e. The van der Waals surface area contributed by atoms with Crippen LogP contribution in [0.4, 0.5) is 0 Å². The number of hydrogen-bond acceptors (Lipinski definition) is 3. The summed E-state index contributed by atoms with van der Waals surface area (Å²) in [7, 11) is 1.91. The molecule has 1 aromatic heterocycles. The first-order chi connectivity index (χ1) is 9.06. The van der Waals surface area contributed by atoms with Gasteiger partial charge in [0.1, 0.15) is 11.9 Å². The van der Waals surface area contributed by atoms with Crippen molar-refractivity contribution in [2.45, 2.75) is 25.6 Å². The number of rotatable bonds is 1. The summed E-state index contributed by atoms with van der Waals surface area (Å²) in [5.74, 6) is 0.737. The van der Waals surface area contributed by atoms with Gasteiger partial charge in [-0.1, -0.05) is 22.0 Å². The molecule has 4 nitrogen and oxygen atoms in total. The standard InChI is InChI=1S/C14H15BrN2O2/c1-8-11(7-16-17(8)2)14-6-12(18)10-4-3-9(15)5-13(10)19-14/h3-5,7,12,14,18H,6H2,1-2H3. The molecule has 2 aromatic rings. The molecule has 5 heteroatoms. The minimum atomic E-state index is -0.499. The van der Waals surface area contributed by atoms with Crippen LogP contribution in [0.5, 0.6) is 5.75 Å². The molecule has 100 valence electrons. The average Bonchev–Trinajstić information content (AvgIpc) is 2.69. The van der Waals surface area contributed by atoms with E-state index in [0.717, 1.165) is 27.0 Å². The lowest BCUT2D eigenvalue weighted by Gasteiger charge is -2.29. The van der Waals surface area contributed by atoms with E-state index in [1.165, 1.54) is 0 Å². The van der Waals surface area contributed by atoms with Crippen LogP contribution in [0.3, 0.4) is 0 Å². The summed E-state index contributed by atoms with van der Waals surface area (Å²) in [6.45, 7) is 2.01. The van der Waals surface area contributed by atoms with Gasteiger partial charge in [-0.3, -0.25) is 4.68 Å². The Morgan fingerprint density at radius 2 is 2.21 bits per heavy atom. The topological polar surface area (TPSA) is 47.3 Å². The van der Waals surface area contributed by atoms with Crippen molar-refractivity contribution in [2.24, 2.45) is 7.05 Å². The summed E-state index contributed by atoms with van der Waals surface area (Å²) in [5, 5.41) is 14.5. The van der Waals surface area contributed by atoms with Gasteiger partial charge in [-0.25, -0.2) is 0 Å². The van der Waals surface area contributed by atoms with Crippen molar-refractivity contribution < 1.29 is 9.84 Å². The number of aliphatic hydroxyl groups is 1. The molecule has 0 amide bonds. The zero-order valence-electron chi connectivity index (χ0n) is 10.8. The van der Waals surface area contributed by atoms with Crippen molar-refractivity contribution in [3.63, 3.8) is 0 Å². The Morgan fingerprint density at radius 3 is 2.89 bits per heavy atom. The maximum Gasteiger partial charge on any atom is 0.130 e. The lowest BCUT2D eigenvalue weighted by molar-refractivity contribution is 0.0653. The van der Waals surface area contributed by atoms with Gasteiger partial charge in [0.05, 0.1) is 12.3 Å². The predicted molar refractivity (Wildman–Crippen MR) is 75.0 cm³/mol. The van der Waals surface area contributed by atoms with Crippen LogP contribution in [0.2, 0.25) is 0 Å². The number of aryl methyl sites for hydroxylation is 1. The molecule has 1 aliphatic heterocycles. The van der Waals surface area contributed by atoms with Crippen molar-refractivity contribution in [1.29, 1.82) is 0 Å². The largest absolute Gasteiger partial charge is 0.485 e. The van der Waals surface area contributed by atoms with E-state index in [1.54, 1.807) is 0 Å². The SMILES string of the molecule is Cc1c(C2CC(O)c3ccc(Br)cc3O2)cnn1C. The molecular weight excluding hydrogens is 308 g/mol. The fraction of sp³-hybridized carbons (Fsp3) is 0.357. The van der Waals surface area contributed by atoms with E-state index in [4.69, 9.17) is 4.74 Å². The second-order valence-corrected chi connectivity index (χ2v) is 5.76. The Bertz CT molecular complexity index is 624. The quantitative estimate of drug-likeness (QED) is 0.877. The summed E-state index contributed by atoms with van der Waals surface area (Å²) in [6.07, 6.45) is 1.73. The van der Waals surface area contributed by atoms with Crippen molar-refractivity contribution in [2.75, 3.05) is 0 Å². The van der Waals surface area contributed by atoms with E-state index < -0.39 is 6.10 Å². The molecule has 19 heavy (non-hydrogen) atoms. The molecule has 0 bridgehead atoms. The molecule has 1 N–H and O–H groups in total. The molecule has 0 saturated heterocycles. The number of hydrogen-bond donors (Lipinski definition) is 1. The third-order valence-corrected chi connectivity index (χ3v) is 4.15. The highest BCUT2D eigenvalue weighted by atomic mass is 79.9. The fourth-order valence-corrected chi connectivity index (χ4v) is 2.78. The van der Waals surface area contributed by atoms with E-state index >= 15 is 0 Å². The first-order valence-corrected chi connectivity index (χ1v) is 6.98. The number of ether oxygens (including phenoxy) is 1. The van der Waals surface area contributed by atoms with Gasteiger partial charge in [0, 0.05) is 34.8 Å². The number of aromatic nitrogens is 2. The molecule has 3 rings (SSSR count). The molecule has 0 fully saturated rings. The van der Waals surface area contributed by atoms with Gasteiger partial charge in [-0.05, 0) is 19.1 Å².